The van der Waals surface area contributed by atoms with Gasteiger partial charge in [-0.25, -0.2) is 9.97 Å². The van der Waals surface area contributed by atoms with Crippen LogP contribution in [0.1, 0.15) is 5.56 Å². The molecular formula is C25H16N2O. The molecule has 0 N–H and O–H groups in total. The van der Waals surface area contributed by atoms with Crippen molar-refractivity contribution in [2.75, 3.05) is 0 Å². The molecule has 0 aliphatic rings. The van der Waals surface area contributed by atoms with Crippen LogP contribution in [0.15, 0.2) is 83.5 Å². The third-order valence-electron chi connectivity index (χ3n) is 5.43. The zero-order chi connectivity index (χ0) is 18.7. The van der Waals surface area contributed by atoms with Gasteiger partial charge in [0.15, 0.2) is 0 Å². The van der Waals surface area contributed by atoms with Gasteiger partial charge in [0.1, 0.15) is 11.9 Å². The summed E-state index contributed by atoms with van der Waals surface area (Å²) in [5.74, 6) is 0. The number of benzene rings is 4. The van der Waals surface area contributed by atoms with Gasteiger partial charge in [0.05, 0.1) is 11.1 Å². The highest BCUT2D eigenvalue weighted by Crippen LogP contribution is 2.38. The average molecular weight is 360 g/mol. The van der Waals surface area contributed by atoms with Crippen LogP contribution in [0, 0.1) is 6.92 Å². The van der Waals surface area contributed by atoms with Crippen molar-refractivity contribution < 1.29 is 4.42 Å². The molecule has 0 spiro atoms. The van der Waals surface area contributed by atoms with Crippen molar-refractivity contribution in [2.45, 2.75) is 6.92 Å². The van der Waals surface area contributed by atoms with Crippen molar-refractivity contribution in [2.24, 2.45) is 0 Å². The fourth-order valence-electron chi connectivity index (χ4n) is 4.10. The number of hydrogen-bond acceptors (Lipinski definition) is 3. The first kappa shape index (κ1) is 15.3. The number of furan rings is 1. The monoisotopic (exact) mass is 360 g/mol. The minimum Gasteiger partial charge on any atom is -0.438 e. The molecule has 3 nitrogen and oxygen atoms in total. The Bertz CT molecular complexity index is 1530. The molecule has 0 aliphatic carbocycles. The molecule has 0 saturated carbocycles. The number of fused-ring (bicyclic) bond motifs is 6. The van der Waals surface area contributed by atoms with E-state index in [0.717, 1.165) is 27.6 Å². The molecule has 28 heavy (non-hydrogen) atoms. The van der Waals surface area contributed by atoms with Crippen molar-refractivity contribution in [1.29, 1.82) is 0 Å². The van der Waals surface area contributed by atoms with Crippen LogP contribution in [0.5, 0.6) is 0 Å². The van der Waals surface area contributed by atoms with Gasteiger partial charge in [0.2, 0.25) is 5.71 Å². The standard InChI is InChI=1S/C25H16N2O/c1-15-6-10-20-18(12-15)9-11-21-22(20)23-24(26-14-27-25(23)28-21)19-8-7-16-4-2-3-5-17(16)13-19/h2-14H,1H3. The van der Waals surface area contributed by atoms with Crippen LogP contribution in [-0.4, -0.2) is 9.97 Å². The van der Waals surface area contributed by atoms with E-state index in [9.17, 15) is 0 Å². The van der Waals surface area contributed by atoms with Gasteiger partial charge in [-0.3, -0.25) is 0 Å². The van der Waals surface area contributed by atoms with Crippen LogP contribution in [-0.2, 0) is 0 Å². The second kappa shape index (κ2) is 5.64. The van der Waals surface area contributed by atoms with E-state index in [-0.39, 0.29) is 0 Å². The highest BCUT2D eigenvalue weighted by Gasteiger charge is 2.17. The first-order chi connectivity index (χ1) is 13.8. The molecule has 2 aromatic heterocycles. The van der Waals surface area contributed by atoms with Crippen molar-refractivity contribution >= 4 is 43.6 Å². The van der Waals surface area contributed by atoms with E-state index in [2.05, 4.69) is 83.6 Å². The molecule has 0 unspecified atom stereocenters. The largest absolute Gasteiger partial charge is 0.438 e. The maximum absolute atomic E-state index is 6.09. The van der Waals surface area contributed by atoms with Crippen molar-refractivity contribution in [3.8, 4) is 11.3 Å². The van der Waals surface area contributed by atoms with Gasteiger partial charge in [-0.1, -0.05) is 66.2 Å². The Balaban J connectivity index is 1.75. The van der Waals surface area contributed by atoms with Crippen molar-refractivity contribution in [3.05, 3.63) is 84.7 Å². The van der Waals surface area contributed by atoms with Gasteiger partial charge in [0, 0.05) is 10.9 Å². The predicted octanol–water partition coefficient (Wildman–Crippen LogP) is 6.66. The molecule has 3 heteroatoms. The smallest absolute Gasteiger partial charge is 0.231 e. The molecule has 0 fully saturated rings. The van der Waals surface area contributed by atoms with E-state index in [1.807, 2.05) is 6.07 Å². The first-order valence-corrected chi connectivity index (χ1v) is 9.34. The molecule has 0 aliphatic heterocycles. The second-order valence-corrected chi connectivity index (χ2v) is 7.23. The Morgan fingerprint density at radius 3 is 2.50 bits per heavy atom. The third-order valence-corrected chi connectivity index (χ3v) is 5.43. The number of rotatable bonds is 1. The summed E-state index contributed by atoms with van der Waals surface area (Å²) in [5, 5.41) is 6.83. The van der Waals surface area contributed by atoms with E-state index in [0.29, 0.717) is 5.71 Å². The molecular weight excluding hydrogens is 344 g/mol. The molecule has 6 aromatic rings. The van der Waals surface area contributed by atoms with Crippen molar-refractivity contribution in [1.82, 2.24) is 9.97 Å². The highest BCUT2D eigenvalue weighted by molar-refractivity contribution is 6.21. The molecule has 0 atom stereocenters. The van der Waals surface area contributed by atoms with Crippen LogP contribution in [0.3, 0.4) is 0 Å². The zero-order valence-electron chi connectivity index (χ0n) is 15.3. The Morgan fingerprint density at radius 1 is 0.714 bits per heavy atom. The minimum absolute atomic E-state index is 0.626. The number of nitrogens with zero attached hydrogens (tertiary/aromatic N) is 2. The normalized spacial score (nSPS) is 11.8. The maximum Gasteiger partial charge on any atom is 0.231 e. The van der Waals surface area contributed by atoms with Crippen molar-refractivity contribution in [3.63, 3.8) is 0 Å². The Hall–Kier alpha value is -3.72. The number of aryl methyl sites for hydroxylation is 1. The van der Waals surface area contributed by atoms with Crippen LogP contribution in [0.2, 0.25) is 0 Å². The highest BCUT2D eigenvalue weighted by atomic mass is 16.3. The lowest BCUT2D eigenvalue weighted by Crippen LogP contribution is -1.87. The molecule has 0 radical (unpaired) electrons. The molecule has 2 heterocycles. The summed E-state index contributed by atoms with van der Waals surface area (Å²) in [6, 6.07) is 25.5. The zero-order valence-corrected chi connectivity index (χ0v) is 15.3. The van der Waals surface area contributed by atoms with E-state index >= 15 is 0 Å². The molecule has 4 aromatic carbocycles. The number of hydrogen-bond donors (Lipinski definition) is 0. The molecule has 0 amide bonds. The SMILES string of the molecule is Cc1ccc2c(ccc3oc4ncnc(-c5ccc6ccccc6c5)c4c32)c1. The predicted molar refractivity (Wildman–Crippen MR) is 114 cm³/mol. The third kappa shape index (κ3) is 2.16. The van der Waals surface area contributed by atoms with Gasteiger partial charge < -0.3 is 4.42 Å². The van der Waals surface area contributed by atoms with Crippen LogP contribution in [0.25, 0.3) is 54.9 Å². The fourth-order valence-corrected chi connectivity index (χ4v) is 4.10. The quantitative estimate of drug-likeness (QED) is 0.329. The van der Waals surface area contributed by atoms with Gasteiger partial charge in [-0.2, -0.15) is 0 Å². The summed E-state index contributed by atoms with van der Waals surface area (Å²) >= 11 is 0. The van der Waals surface area contributed by atoms with E-state index in [1.54, 1.807) is 6.33 Å². The van der Waals surface area contributed by atoms with Gasteiger partial charge in [-0.15, -0.1) is 0 Å². The summed E-state index contributed by atoms with van der Waals surface area (Å²) < 4.78 is 6.09. The lowest BCUT2D eigenvalue weighted by molar-refractivity contribution is 0.653. The van der Waals surface area contributed by atoms with Crippen LogP contribution >= 0.6 is 0 Å². The number of aromatic nitrogens is 2. The summed E-state index contributed by atoms with van der Waals surface area (Å²) in [6.07, 6.45) is 1.58. The molecule has 0 bridgehead atoms. The van der Waals surface area contributed by atoms with Crippen LogP contribution < -0.4 is 0 Å². The second-order valence-electron chi connectivity index (χ2n) is 7.23. The topological polar surface area (TPSA) is 38.9 Å². The molecule has 132 valence electrons. The van der Waals surface area contributed by atoms with Crippen LogP contribution in [0.4, 0.5) is 0 Å². The molecule has 6 rings (SSSR count). The Morgan fingerprint density at radius 2 is 1.57 bits per heavy atom. The Kier molecular flexibility index (Phi) is 3.09. The summed E-state index contributed by atoms with van der Waals surface area (Å²) in [7, 11) is 0. The summed E-state index contributed by atoms with van der Waals surface area (Å²) in [4.78, 5) is 9.07. The van der Waals surface area contributed by atoms with E-state index in [4.69, 9.17) is 4.42 Å². The lowest BCUT2D eigenvalue weighted by Gasteiger charge is -2.06. The summed E-state index contributed by atoms with van der Waals surface area (Å²) in [5.41, 5.74) is 4.68. The van der Waals surface area contributed by atoms with E-state index < -0.39 is 0 Å². The summed E-state index contributed by atoms with van der Waals surface area (Å²) in [6.45, 7) is 2.11. The average Bonchev–Trinajstić information content (AvgIpc) is 3.12. The first-order valence-electron chi connectivity index (χ1n) is 9.34. The molecule has 0 saturated heterocycles. The fraction of sp³-hybridized carbons (Fsp3) is 0.0400. The lowest BCUT2D eigenvalue weighted by atomic mass is 9.99. The van der Waals surface area contributed by atoms with Gasteiger partial charge in [-0.05, 0) is 40.6 Å². The minimum atomic E-state index is 0.626. The van der Waals surface area contributed by atoms with Gasteiger partial charge >= 0.3 is 0 Å². The maximum atomic E-state index is 6.09. The van der Waals surface area contributed by atoms with E-state index in [1.165, 1.54) is 27.1 Å². The van der Waals surface area contributed by atoms with Gasteiger partial charge in [0.25, 0.3) is 0 Å². The Labute approximate surface area is 161 Å².